The molecule has 1 amide bonds. The predicted octanol–water partition coefficient (Wildman–Crippen LogP) is 5.78. The van der Waals surface area contributed by atoms with Gasteiger partial charge in [-0.3, -0.25) is 4.79 Å². The van der Waals surface area contributed by atoms with Gasteiger partial charge in [-0.25, -0.2) is 0 Å². The number of hydrogen-bond donors (Lipinski definition) is 1. The highest BCUT2D eigenvalue weighted by Crippen LogP contribution is 2.10. The van der Waals surface area contributed by atoms with Gasteiger partial charge in [0.2, 0.25) is 0 Å². The molecule has 0 aromatic heterocycles. The van der Waals surface area contributed by atoms with Gasteiger partial charge in [0.05, 0.1) is 0 Å². The molecule has 0 aromatic carbocycles. The van der Waals surface area contributed by atoms with Crippen molar-refractivity contribution < 1.29 is 4.79 Å². The first-order valence-electron chi connectivity index (χ1n) is 8.24. The molecular formula is C21H31NO. The Hall–Kier alpha value is -2.09. The second kappa shape index (κ2) is 12.5. The fourth-order valence-corrected chi connectivity index (χ4v) is 1.95. The van der Waals surface area contributed by atoms with Crippen LogP contribution in [0.25, 0.3) is 0 Å². The number of amides is 1. The van der Waals surface area contributed by atoms with E-state index in [1.54, 1.807) is 0 Å². The zero-order valence-electron chi connectivity index (χ0n) is 15.1. The van der Waals surface area contributed by atoms with Crippen molar-refractivity contribution in [1.29, 1.82) is 0 Å². The Morgan fingerprint density at radius 2 is 1.57 bits per heavy atom. The van der Waals surface area contributed by atoms with Gasteiger partial charge in [0.1, 0.15) is 0 Å². The largest absolute Gasteiger partial charge is 0.326 e. The van der Waals surface area contributed by atoms with Crippen molar-refractivity contribution in [2.45, 2.75) is 53.4 Å². The quantitative estimate of drug-likeness (QED) is 0.309. The summed E-state index contributed by atoms with van der Waals surface area (Å²) in [6.07, 6.45) is 15.0. The summed E-state index contributed by atoms with van der Waals surface area (Å²) in [5.74, 6) is -0.0404. The lowest BCUT2D eigenvalue weighted by Gasteiger charge is -2.07. The molecule has 1 N–H and O–H groups in total. The molecule has 0 rings (SSSR count). The molecule has 0 fully saturated rings. The van der Waals surface area contributed by atoms with Gasteiger partial charge in [0, 0.05) is 11.3 Å². The van der Waals surface area contributed by atoms with Crippen LogP contribution in [0.2, 0.25) is 0 Å². The van der Waals surface area contributed by atoms with Crippen LogP contribution in [-0.4, -0.2) is 5.91 Å². The van der Waals surface area contributed by atoms with E-state index in [4.69, 9.17) is 0 Å². The Labute approximate surface area is 142 Å². The van der Waals surface area contributed by atoms with Crippen LogP contribution < -0.4 is 5.32 Å². The van der Waals surface area contributed by atoms with Gasteiger partial charge < -0.3 is 5.32 Å². The summed E-state index contributed by atoms with van der Waals surface area (Å²) in [7, 11) is 0. The second-order valence-corrected chi connectivity index (χ2v) is 5.53. The highest BCUT2D eigenvalue weighted by Gasteiger charge is 2.06. The average molecular weight is 313 g/mol. The maximum atomic E-state index is 12.3. The van der Waals surface area contributed by atoms with Crippen LogP contribution in [0.4, 0.5) is 0 Å². The van der Waals surface area contributed by atoms with E-state index in [1.165, 1.54) is 11.1 Å². The molecule has 0 aliphatic heterocycles. The summed E-state index contributed by atoms with van der Waals surface area (Å²) < 4.78 is 0. The molecule has 0 unspecified atom stereocenters. The molecule has 0 aliphatic carbocycles. The third-order valence-electron chi connectivity index (χ3n) is 3.45. The molecule has 0 atom stereocenters. The highest BCUT2D eigenvalue weighted by atomic mass is 16.1. The fourth-order valence-electron chi connectivity index (χ4n) is 1.95. The first-order chi connectivity index (χ1) is 11.0. The summed E-state index contributed by atoms with van der Waals surface area (Å²) in [5.41, 5.74) is 4.09. The minimum Gasteiger partial charge on any atom is -0.326 e. The molecule has 0 aromatic rings. The van der Waals surface area contributed by atoms with Crippen molar-refractivity contribution >= 4 is 5.91 Å². The first-order valence-corrected chi connectivity index (χ1v) is 8.24. The standard InChI is InChI=1S/C21H31NO/c1-7-11-17(5)13-14-18(6)22-21(23)20(10-4)16-15-19(9-3)12-8-2/h7-8,13-16H,1-2,9-12H2,3-6H3,(H,22,23)/b17-13-,18-14+,19-15-,20-16+. The van der Waals surface area contributed by atoms with Crippen LogP contribution in [0.1, 0.15) is 53.4 Å². The van der Waals surface area contributed by atoms with Crippen LogP contribution in [-0.2, 0) is 4.79 Å². The van der Waals surface area contributed by atoms with Crippen LogP contribution in [0.15, 0.2) is 72.0 Å². The number of rotatable bonds is 10. The van der Waals surface area contributed by atoms with E-state index in [9.17, 15) is 4.79 Å². The van der Waals surface area contributed by atoms with Gasteiger partial charge in [-0.05, 0) is 45.6 Å². The number of hydrogen-bond acceptors (Lipinski definition) is 1. The van der Waals surface area contributed by atoms with Crippen LogP contribution in [0.5, 0.6) is 0 Å². The first kappa shape index (κ1) is 20.9. The van der Waals surface area contributed by atoms with Gasteiger partial charge in [0.25, 0.3) is 5.91 Å². The second-order valence-electron chi connectivity index (χ2n) is 5.53. The zero-order chi connectivity index (χ0) is 17.7. The minimum atomic E-state index is -0.0404. The molecule has 126 valence electrons. The van der Waals surface area contributed by atoms with E-state index in [0.29, 0.717) is 6.42 Å². The summed E-state index contributed by atoms with van der Waals surface area (Å²) in [6.45, 7) is 15.5. The molecule has 0 heterocycles. The van der Waals surface area contributed by atoms with Gasteiger partial charge in [0.15, 0.2) is 0 Å². The predicted molar refractivity (Wildman–Crippen MR) is 102 cm³/mol. The van der Waals surface area contributed by atoms with E-state index in [-0.39, 0.29) is 5.91 Å². The van der Waals surface area contributed by atoms with Crippen LogP contribution >= 0.6 is 0 Å². The summed E-state index contributed by atoms with van der Waals surface area (Å²) in [4.78, 5) is 12.3. The fraction of sp³-hybridized carbons (Fsp3) is 0.381. The van der Waals surface area contributed by atoms with Gasteiger partial charge in [-0.15, -0.1) is 13.2 Å². The lowest BCUT2D eigenvalue weighted by Crippen LogP contribution is -2.22. The van der Waals surface area contributed by atoms with Gasteiger partial charge in [-0.2, -0.15) is 0 Å². The maximum Gasteiger partial charge on any atom is 0.251 e. The average Bonchev–Trinajstić information content (AvgIpc) is 2.52. The molecule has 0 aliphatic rings. The summed E-state index contributed by atoms with van der Waals surface area (Å²) in [5, 5.41) is 2.94. The van der Waals surface area contributed by atoms with E-state index in [2.05, 4.69) is 25.4 Å². The smallest absolute Gasteiger partial charge is 0.251 e. The summed E-state index contributed by atoms with van der Waals surface area (Å²) >= 11 is 0. The molecule has 0 bridgehead atoms. The Bertz CT molecular complexity index is 530. The van der Waals surface area contributed by atoms with E-state index in [0.717, 1.165) is 30.5 Å². The lowest BCUT2D eigenvalue weighted by atomic mass is 10.1. The van der Waals surface area contributed by atoms with Crippen LogP contribution in [0.3, 0.4) is 0 Å². The minimum absolute atomic E-state index is 0.0404. The molecule has 2 heteroatoms. The normalized spacial score (nSPS) is 13.7. The number of carbonyl (C=O) groups excluding carboxylic acids is 1. The SMILES string of the molecule is C=CC/C(C)=C\C=C(/C)NC(=O)/C(=C/C=C(/CC)CC=C)CC. The Balaban J connectivity index is 4.96. The molecule has 0 spiro atoms. The Kier molecular flexibility index (Phi) is 11.3. The van der Waals surface area contributed by atoms with Crippen molar-refractivity contribution in [2.24, 2.45) is 0 Å². The van der Waals surface area contributed by atoms with Gasteiger partial charge in [-0.1, -0.05) is 55.4 Å². The van der Waals surface area contributed by atoms with Crippen molar-refractivity contribution in [3.8, 4) is 0 Å². The highest BCUT2D eigenvalue weighted by molar-refractivity contribution is 5.94. The number of carbonyl (C=O) groups is 1. The zero-order valence-corrected chi connectivity index (χ0v) is 15.1. The molecule has 0 radical (unpaired) electrons. The third-order valence-corrected chi connectivity index (χ3v) is 3.45. The molecular weight excluding hydrogens is 282 g/mol. The molecule has 2 nitrogen and oxygen atoms in total. The lowest BCUT2D eigenvalue weighted by molar-refractivity contribution is -0.116. The van der Waals surface area contributed by atoms with Crippen molar-refractivity contribution in [1.82, 2.24) is 5.32 Å². The third kappa shape index (κ3) is 9.51. The maximum absolute atomic E-state index is 12.3. The van der Waals surface area contributed by atoms with E-state index in [1.807, 2.05) is 57.2 Å². The molecule has 23 heavy (non-hydrogen) atoms. The van der Waals surface area contributed by atoms with Crippen molar-refractivity contribution in [3.05, 3.63) is 72.0 Å². The van der Waals surface area contributed by atoms with Crippen molar-refractivity contribution in [3.63, 3.8) is 0 Å². The van der Waals surface area contributed by atoms with E-state index < -0.39 is 0 Å². The topological polar surface area (TPSA) is 29.1 Å². The summed E-state index contributed by atoms with van der Waals surface area (Å²) in [6, 6.07) is 0. The van der Waals surface area contributed by atoms with Gasteiger partial charge >= 0.3 is 0 Å². The number of nitrogens with one attached hydrogen (secondary N) is 1. The Morgan fingerprint density at radius 3 is 2.09 bits per heavy atom. The Morgan fingerprint density at radius 1 is 0.913 bits per heavy atom. The van der Waals surface area contributed by atoms with Crippen molar-refractivity contribution in [2.75, 3.05) is 0 Å². The van der Waals surface area contributed by atoms with Crippen LogP contribution in [0, 0.1) is 0 Å². The monoisotopic (exact) mass is 313 g/mol. The molecule has 0 saturated carbocycles. The number of allylic oxidation sites excluding steroid dienone is 9. The molecule has 0 saturated heterocycles. The van der Waals surface area contributed by atoms with E-state index >= 15 is 0 Å².